The van der Waals surface area contributed by atoms with Gasteiger partial charge in [0.15, 0.2) is 0 Å². The van der Waals surface area contributed by atoms with Gasteiger partial charge in [0, 0.05) is 54.6 Å². The molecule has 0 spiro atoms. The van der Waals surface area contributed by atoms with Crippen molar-refractivity contribution in [3.63, 3.8) is 0 Å². The highest BCUT2D eigenvalue weighted by Gasteiger charge is 2.39. The number of benzene rings is 2. The number of ether oxygens (including phenoxy) is 1. The smallest absolute Gasteiger partial charge is 0.224 e. The zero-order valence-electron chi connectivity index (χ0n) is 17.6. The van der Waals surface area contributed by atoms with Gasteiger partial charge < -0.3 is 19.9 Å². The third-order valence-electron chi connectivity index (χ3n) is 6.30. The molecule has 29 heavy (non-hydrogen) atoms. The average molecular weight is 394 g/mol. The molecule has 4 rings (SSSR count). The largest absolute Gasteiger partial charge is 0.378 e. The maximum Gasteiger partial charge on any atom is 0.224 e. The molecule has 0 aliphatic carbocycles. The first-order chi connectivity index (χ1) is 14.1. The fourth-order valence-corrected chi connectivity index (χ4v) is 4.83. The van der Waals surface area contributed by atoms with Crippen molar-refractivity contribution in [2.24, 2.45) is 5.92 Å². The zero-order chi connectivity index (χ0) is 20.4. The van der Waals surface area contributed by atoms with Gasteiger partial charge in [0.25, 0.3) is 0 Å². The predicted molar refractivity (Wildman–Crippen MR) is 119 cm³/mol. The summed E-state index contributed by atoms with van der Waals surface area (Å²) in [7, 11) is 0. The Morgan fingerprint density at radius 3 is 2.52 bits per heavy atom. The number of carbonyl (C=O) groups excluding carboxylic acids is 1. The van der Waals surface area contributed by atoms with Crippen LogP contribution < -0.4 is 15.1 Å². The maximum atomic E-state index is 12.6. The summed E-state index contributed by atoms with van der Waals surface area (Å²) in [5.74, 6) is 0.402. The molecular weight excluding hydrogens is 362 g/mol. The summed E-state index contributed by atoms with van der Waals surface area (Å²) in [5.41, 5.74) is 4.55. The first kappa shape index (κ1) is 19.8. The van der Waals surface area contributed by atoms with Gasteiger partial charge in [-0.2, -0.15) is 0 Å². The van der Waals surface area contributed by atoms with Crippen LogP contribution in [-0.4, -0.2) is 38.3 Å². The van der Waals surface area contributed by atoms with E-state index in [2.05, 4.69) is 66.5 Å². The van der Waals surface area contributed by atoms with Crippen LogP contribution in [0.4, 0.5) is 17.1 Å². The number of nitrogens with one attached hydrogen (secondary N) is 1. The quantitative estimate of drug-likeness (QED) is 0.833. The first-order valence-electron chi connectivity index (χ1n) is 10.7. The van der Waals surface area contributed by atoms with E-state index in [0.717, 1.165) is 44.1 Å². The fourth-order valence-electron chi connectivity index (χ4n) is 4.83. The van der Waals surface area contributed by atoms with Crippen LogP contribution in [-0.2, 0) is 9.53 Å². The SMILES string of the molecule is CC[C@H]1[C@H](C)[C@@H](Nc2ccccc2)c2cc(N3CCOCC3)ccc2N1C(C)=O. The molecule has 0 aromatic heterocycles. The fraction of sp³-hybridized carbons (Fsp3) is 0.458. The van der Waals surface area contributed by atoms with Gasteiger partial charge in [-0.25, -0.2) is 0 Å². The van der Waals surface area contributed by atoms with Gasteiger partial charge in [0.05, 0.1) is 19.3 Å². The molecule has 5 nitrogen and oxygen atoms in total. The molecule has 2 aliphatic heterocycles. The minimum Gasteiger partial charge on any atom is -0.378 e. The molecule has 3 atom stereocenters. The van der Waals surface area contributed by atoms with Gasteiger partial charge in [-0.1, -0.05) is 32.0 Å². The number of hydrogen-bond acceptors (Lipinski definition) is 4. The van der Waals surface area contributed by atoms with E-state index in [1.165, 1.54) is 11.3 Å². The topological polar surface area (TPSA) is 44.8 Å². The summed E-state index contributed by atoms with van der Waals surface area (Å²) < 4.78 is 5.52. The van der Waals surface area contributed by atoms with E-state index in [1.807, 2.05) is 11.0 Å². The summed E-state index contributed by atoms with van der Waals surface area (Å²) in [6.07, 6.45) is 0.929. The lowest BCUT2D eigenvalue weighted by Crippen LogP contribution is -2.49. The van der Waals surface area contributed by atoms with E-state index >= 15 is 0 Å². The number of morpholine rings is 1. The van der Waals surface area contributed by atoms with Crippen molar-refractivity contribution in [3.05, 3.63) is 54.1 Å². The van der Waals surface area contributed by atoms with Crippen molar-refractivity contribution >= 4 is 23.0 Å². The number of carbonyl (C=O) groups is 1. The minimum absolute atomic E-state index is 0.113. The molecular formula is C24H31N3O2. The van der Waals surface area contributed by atoms with Crippen molar-refractivity contribution in [2.75, 3.05) is 41.4 Å². The lowest BCUT2D eigenvalue weighted by molar-refractivity contribution is -0.117. The second-order valence-corrected chi connectivity index (χ2v) is 8.05. The molecule has 2 aliphatic rings. The average Bonchev–Trinajstić information content (AvgIpc) is 2.76. The van der Waals surface area contributed by atoms with Crippen molar-refractivity contribution in [1.29, 1.82) is 0 Å². The molecule has 1 fully saturated rings. The monoisotopic (exact) mass is 393 g/mol. The number of hydrogen-bond donors (Lipinski definition) is 1. The van der Waals surface area contributed by atoms with Gasteiger partial charge in [-0.05, 0) is 36.8 Å². The Labute approximate surface area is 173 Å². The molecule has 5 heteroatoms. The Morgan fingerprint density at radius 1 is 1.14 bits per heavy atom. The predicted octanol–water partition coefficient (Wildman–Crippen LogP) is 4.46. The second-order valence-electron chi connectivity index (χ2n) is 8.05. The number of para-hydroxylation sites is 1. The van der Waals surface area contributed by atoms with E-state index in [1.54, 1.807) is 6.92 Å². The highest BCUT2D eigenvalue weighted by Crippen LogP contribution is 2.45. The highest BCUT2D eigenvalue weighted by atomic mass is 16.5. The molecule has 2 aromatic carbocycles. The van der Waals surface area contributed by atoms with E-state index in [9.17, 15) is 4.79 Å². The number of fused-ring (bicyclic) bond motifs is 1. The van der Waals surface area contributed by atoms with Crippen molar-refractivity contribution in [3.8, 4) is 0 Å². The summed E-state index contributed by atoms with van der Waals surface area (Å²) >= 11 is 0. The number of rotatable bonds is 4. The lowest BCUT2D eigenvalue weighted by Gasteiger charge is -2.46. The number of amides is 1. The third kappa shape index (κ3) is 3.84. The Morgan fingerprint density at radius 2 is 1.86 bits per heavy atom. The zero-order valence-corrected chi connectivity index (χ0v) is 17.6. The summed E-state index contributed by atoms with van der Waals surface area (Å²) in [6.45, 7) is 9.43. The van der Waals surface area contributed by atoms with Crippen LogP contribution in [0, 0.1) is 5.92 Å². The van der Waals surface area contributed by atoms with Gasteiger partial charge in [-0.15, -0.1) is 0 Å². The normalized spacial score (nSPS) is 24.2. The Kier molecular flexibility index (Phi) is 5.76. The van der Waals surface area contributed by atoms with Crippen molar-refractivity contribution in [1.82, 2.24) is 0 Å². The van der Waals surface area contributed by atoms with Crippen LogP contribution in [0.15, 0.2) is 48.5 Å². The number of nitrogens with zero attached hydrogens (tertiary/aromatic N) is 2. The minimum atomic E-state index is 0.113. The Bertz CT molecular complexity index is 848. The number of anilines is 3. The Hall–Kier alpha value is -2.53. The lowest BCUT2D eigenvalue weighted by atomic mass is 9.80. The molecule has 1 saturated heterocycles. The molecule has 1 amide bonds. The van der Waals surface area contributed by atoms with Gasteiger partial charge >= 0.3 is 0 Å². The standard InChI is InChI=1S/C24H31N3O2/c1-4-22-17(2)24(25-19-8-6-5-7-9-19)21-16-20(26-12-14-29-15-13-26)10-11-23(21)27(22)18(3)28/h5-11,16-17,22,24-25H,4,12-15H2,1-3H3/t17-,22-,24+/m0/s1. The van der Waals surface area contributed by atoms with Crippen LogP contribution in [0.5, 0.6) is 0 Å². The molecule has 1 N–H and O–H groups in total. The van der Waals surface area contributed by atoms with Crippen LogP contribution in [0.25, 0.3) is 0 Å². The summed E-state index contributed by atoms with van der Waals surface area (Å²) in [4.78, 5) is 17.0. The molecule has 2 heterocycles. The summed E-state index contributed by atoms with van der Waals surface area (Å²) in [6, 6.07) is 17.3. The van der Waals surface area contributed by atoms with E-state index in [-0.39, 0.29) is 23.9 Å². The van der Waals surface area contributed by atoms with Crippen molar-refractivity contribution < 1.29 is 9.53 Å². The van der Waals surface area contributed by atoms with Crippen LogP contribution >= 0.6 is 0 Å². The second kappa shape index (κ2) is 8.46. The van der Waals surface area contributed by atoms with Crippen LogP contribution in [0.3, 0.4) is 0 Å². The molecule has 2 aromatic rings. The van der Waals surface area contributed by atoms with E-state index in [4.69, 9.17) is 4.74 Å². The molecule has 0 unspecified atom stereocenters. The molecule has 0 saturated carbocycles. The van der Waals surface area contributed by atoms with Gasteiger partial charge in [0.1, 0.15) is 0 Å². The molecule has 154 valence electrons. The highest BCUT2D eigenvalue weighted by molar-refractivity contribution is 5.94. The first-order valence-corrected chi connectivity index (χ1v) is 10.7. The maximum absolute atomic E-state index is 12.6. The molecule has 0 bridgehead atoms. The van der Waals surface area contributed by atoms with Crippen molar-refractivity contribution in [2.45, 2.75) is 39.3 Å². The van der Waals surface area contributed by atoms with E-state index < -0.39 is 0 Å². The molecule has 0 radical (unpaired) electrons. The van der Waals surface area contributed by atoms with E-state index in [0.29, 0.717) is 0 Å². The van der Waals surface area contributed by atoms with Gasteiger partial charge in [0.2, 0.25) is 5.91 Å². The third-order valence-corrected chi connectivity index (χ3v) is 6.30. The van der Waals surface area contributed by atoms with Crippen LogP contribution in [0.2, 0.25) is 0 Å². The van der Waals surface area contributed by atoms with Gasteiger partial charge in [-0.3, -0.25) is 4.79 Å². The Balaban J connectivity index is 1.78. The summed E-state index contributed by atoms with van der Waals surface area (Å²) in [5, 5.41) is 3.76. The van der Waals surface area contributed by atoms with Crippen LogP contribution in [0.1, 0.15) is 38.8 Å².